The smallest absolute Gasteiger partial charge is 0.226 e. The van der Waals surface area contributed by atoms with E-state index in [0.29, 0.717) is 29.2 Å². The third-order valence-corrected chi connectivity index (χ3v) is 7.03. The number of fused-ring (bicyclic) bond motifs is 3. The predicted octanol–water partition coefficient (Wildman–Crippen LogP) is 3.70. The number of amides is 1. The molecule has 1 amide bonds. The normalized spacial score (nSPS) is 20.7. The van der Waals surface area contributed by atoms with E-state index in [9.17, 15) is 13.6 Å². The minimum Gasteiger partial charge on any atom is -0.309 e. The first-order valence-electron chi connectivity index (χ1n) is 11.5. The van der Waals surface area contributed by atoms with Crippen molar-refractivity contribution >= 4 is 17.5 Å². The van der Waals surface area contributed by atoms with Gasteiger partial charge in [-0.15, -0.1) is 10.2 Å². The lowest BCUT2D eigenvalue weighted by molar-refractivity contribution is -0.118. The van der Waals surface area contributed by atoms with Crippen LogP contribution in [0.25, 0.3) is 0 Å². The topological polar surface area (TPSA) is 95.9 Å². The van der Waals surface area contributed by atoms with Crippen LogP contribution in [0.4, 0.5) is 20.4 Å². The number of hydrogen-bond donors (Lipinski definition) is 2. The molecule has 3 aromatic rings. The zero-order chi connectivity index (χ0) is 23.3. The average Bonchev–Trinajstić information content (AvgIpc) is 3.18. The van der Waals surface area contributed by atoms with Crippen LogP contribution in [0.3, 0.4) is 0 Å². The van der Waals surface area contributed by atoms with Crippen LogP contribution in [-0.2, 0) is 16.8 Å². The van der Waals surface area contributed by atoms with Crippen molar-refractivity contribution in [1.29, 1.82) is 0 Å². The minimum absolute atomic E-state index is 0.0745. The van der Waals surface area contributed by atoms with Crippen molar-refractivity contribution in [3.63, 3.8) is 0 Å². The molecule has 3 aliphatic rings. The molecule has 4 heterocycles. The highest BCUT2D eigenvalue weighted by atomic mass is 19.1. The second-order valence-electron chi connectivity index (χ2n) is 9.24. The SMILES string of the molecule is O=C1CC2(CCCCC2)c2nnc(C3NN(Cc4ccccc4F)c4ncc(F)cc43)nc2N1. The quantitative estimate of drug-likeness (QED) is 0.611. The summed E-state index contributed by atoms with van der Waals surface area (Å²) >= 11 is 0. The van der Waals surface area contributed by atoms with E-state index < -0.39 is 11.9 Å². The lowest BCUT2D eigenvalue weighted by atomic mass is 9.68. The van der Waals surface area contributed by atoms with E-state index in [2.05, 4.69) is 30.9 Å². The molecule has 1 unspecified atom stereocenters. The fourth-order valence-electron chi connectivity index (χ4n) is 5.40. The summed E-state index contributed by atoms with van der Waals surface area (Å²) < 4.78 is 28.4. The number of carbonyl (C=O) groups excluding carboxylic acids is 1. The Morgan fingerprint density at radius 1 is 1.12 bits per heavy atom. The molecule has 1 aliphatic carbocycles. The van der Waals surface area contributed by atoms with Gasteiger partial charge in [0.05, 0.1) is 12.7 Å². The summed E-state index contributed by atoms with van der Waals surface area (Å²) in [6, 6.07) is 7.17. The van der Waals surface area contributed by atoms with E-state index in [0.717, 1.165) is 44.0 Å². The summed E-state index contributed by atoms with van der Waals surface area (Å²) in [7, 11) is 0. The first-order valence-corrected chi connectivity index (χ1v) is 11.5. The third kappa shape index (κ3) is 3.49. The highest BCUT2D eigenvalue weighted by Crippen LogP contribution is 2.46. The molecule has 2 aliphatic heterocycles. The number of anilines is 2. The van der Waals surface area contributed by atoms with Gasteiger partial charge in [-0.1, -0.05) is 37.5 Å². The molecule has 1 aromatic carbocycles. The van der Waals surface area contributed by atoms with E-state index in [-0.39, 0.29) is 29.5 Å². The number of aromatic nitrogens is 4. The Balaban J connectivity index is 1.37. The summed E-state index contributed by atoms with van der Waals surface area (Å²) in [5.74, 6) is 0.251. The molecule has 0 bridgehead atoms. The molecule has 1 atom stereocenters. The van der Waals surface area contributed by atoms with E-state index >= 15 is 0 Å². The highest BCUT2D eigenvalue weighted by molar-refractivity contribution is 5.94. The zero-order valence-corrected chi connectivity index (χ0v) is 18.4. The number of hydrazine groups is 1. The van der Waals surface area contributed by atoms with Gasteiger partial charge in [0.2, 0.25) is 5.91 Å². The number of hydrogen-bond acceptors (Lipinski definition) is 7. The van der Waals surface area contributed by atoms with Crippen LogP contribution < -0.4 is 15.8 Å². The fourth-order valence-corrected chi connectivity index (χ4v) is 5.40. The molecule has 1 fully saturated rings. The minimum atomic E-state index is -0.649. The van der Waals surface area contributed by atoms with Gasteiger partial charge in [0.15, 0.2) is 11.6 Å². The van der Waals surface area contributed by atoms with Gasteiger partial charge in [-0.3, -0.25) is 9.80 Å². The van der Waals surface area contributed by atoms with Crippen molar-refractivity contribution in [2.24, 2.45) is 0 Å². The molecule has 1 spiro atoms. The average molecular weight is 463 g/mol. The number of rotatable bonds is 3. The van der Waals surface area contributed by atoms with Gasteiger partial charge in [-0.25, -0.2) is 24.2 Å². The molecule has 2 N–H and O–H groups in total. The van der Waals surface area contributed by atoms with E-state index in [1.54, 1.807) is 23.2 Å². The predicted molar refractivity (Wildman–Crippen MR) is 120 cm³/mol. The Labute approximate surface area is 194 Å². The van der Waals surface area contributed by atoms with Crippen LogP contribution in [0.5, 0.6) is 0 Å². The van der Waals surface area contributed by atoms with Gasteiger partial charge in [0.25, 0.3) is 0 Å². The molecular weight excluding hydrogens is 440 g/mol. The van der Waals surface area contributed by atoms with Crippen molar-refractivity contribution in [3.05, 3.63) is 70.8 Å². The van der Waals surface area contributed by atoms with Gasteiger partial charge >= 0.3 is 0 Å². The van der Waals surface area contributed by atoms with Gasteiger partial charge in [0.1, 0.15) is 29.2 Å². The van der Waals surface area contributed by atoms with Crippen LogP contribution in [0.15, 0.2) is 36.5 Å². The molecule has 34 heavy (non-hydrogen) atoms. The second-order valence-corrected chi connectivity index (χ2v) is 9.24. The molecule has 6 rings (SSSR count). The van der Waals surface area contributed by atoms with Crippen LogP contribution in [0.2, 0.25) is 0 Å². The molecule has 10 heteroatoms. The van der Waals surface area contributed by atoms with E-state index in [4.69, 9.17) is 0 Å². The standard InChI is InChI=1S/C24H23F2N7O/c25-15-10-16-19(32-33(23(16)27-12-15)13-14-6-2-3-7-17(14)26)21-29-22-20(30-31-21)24(11-18(34)28-22)8-4-1-5-9-24/h2-3,6-7,10,12,19,32H,1,4-5,8-9,11,13H2,(H,28,29,31,34). The first kappa shape index (κ1) is 21.0. The lowest BCUT2D eigenvalue weighted by Crippen LogP contribution is -2.41. The van der Waals surface area contributed by atoms with E-state index in [1.165, 1.54) is 12.1 Å². The third-order valence-electron chi connectivity index (χ3n) is 7.03. The van der Waals surface area contributed by atoms with Crippen molar-refractivity contribution in [2.75, 3.05) is 10.3 Å². The van der Waals surface area contributed by atoms with Crippen LogP contribution in [0, 0.1) is 11.6 Å². The zero-order valence-electron chi connectivity index (χ0n) is 18.4. The number of nitrogens with one attached hydrogen (secondary N) is 2. The maximum atomic E-state index is 14.3. The monoisotopic (exact) mass is 463 g/mol. The Morgan fingerprint density at radius 3 is 2.76 bits per heavy atom. The summed E-state index contributed by atoms with van der Waals surface area (Å²) in [6.45, 7) is 0.174. The Hall–Kier alpha value is -3.53. The van der Waals surface area contributed by atoms with Crippen LogP contribution >= 0.6 is 0 Å². The maximum Gasteiger partial charge on any atom is 0.226 e. The Bertz CT molecular complexity index is 1280. The number of halogens is 2. The van der Waals surface area contributed by atoms with Gasteiger partial charge in [0, 0.05) is 23.0 Å². The Kier molecular flexibility index (Phi) is 4.98. The molecule has 8 nitrogen and oxygen atoms in total. The molecule has 1 saturated carbocycles. The number of pyridine rings is 1. The maximum absolute atomic E-state index is 14.3. The summed E-state index contributed by atoms with van der Waals surface area (Å²) in [5, 5.41) is 13.5. The lowest BCUT2D eigenvalue weighted by Gasteiger charge is -2.39. The largest absolute Gasteiger partial charge is 0.309 e. The molecule has 0 radical (unpaired) electrons. The second kappa shape index (κ2) is 8.05. The van der Waals surface area contributed by atoms with Crippen LogP contribution in [0.1, 0.15) is 67.2 Å². The number of benzene rings is 1. The van der Waals surface area contributed by atoms with E-state index in [1.807, 2.05) is 0 Å². The Morgan fingerprint density at radius 2 is 1.94 bits per heavy atom. The van der Waals surface area contributed by atoms with Crippen LogP contribution in [-0.4, -0.2) is 26.1 Å². The van der Waals surface area contributed by atoms with Gasteiger partial charge in [-0.05, 0) is 25.0 Å². The van der Waals surface area contributed by atoms with Crippen molar-refractivity contribution in [1.82, 2.24) is 25.6 Å². The summed E-state index contributed by atoms with van der Waals surface area (Å²) in [6.07, 6.45) is 6.53. The molecule has 0 saturated heterocycles. The number of nitrogens with zero attached hydrogens (tertiary/aromatic N) is 5. The van der Waals surface area contributed by atoms with Crippen molar-refractivity contribution < 1.29 is 13.6 Å². The van der Waals surface area contributed by atoms with Gasteiger partial charge < -0.3 is 5.32 Å². The number of carbonyl (C=O) groups is 1. The highest BCUT2D eigenvalue weighted by Gasteiger charge is 2.44. The summed E-state index contributed by atoms with van der Waals surface area (Å²) in [4.78, 5) is 21.4. The summed E-state index contributed by atoms with van der Waals surface area (Å²) in [5.41, 5.74) is 4.62. The van der Waals surface area contributed by atoms with Crippen molar-refractivity contribution in [3.8, 4) is 0 Å². The molecular formula is C24H23F2N7O. The molecule has 2 aromatic heterocycles. The van der Waals surface area contributed by atoms with Gasteiger partial charge in [-0.2, -0.15) is 0 Å². The first-order chi connectivity index (χ1) is 16.5. The fraction of sp³-hybridized carbons (Fsp3) is 0.375. The van der Waals surface area contributed by atoms with Crippen molar-refractivity contribution in [2.45, 2.75) is 56.5 Å². The molecule has 174 valence electrons.